The van der Waals surface area contributed by atoms with E-state index in [-0.39, 0.29) is 21.4 Å². The Kier molecular flexibility index (Phi) is 6.82. The summed E-state index contributed by atoms with van der Waals surface area (Å²) < 4.78 is 31.6. The van der Waals surface area contributed by atoms with Gasteiger partial charge in [-0.3, -0.25) is 4.79 Å². The lowest BCUT2D eigenvalue weighted by atomic mass is 10.2. The van der Waals surface area contributed by atoms with Crippen LogP contribution < -0.4 is 10.1 Å². The average molecular weight is 374 g/mol. The lowest BCUT2D eigenvalue weighted by Crippen LogP contribution is -2.25. The molecule has 0 bridgehead atoms. The molecule has 0 atom stereocenters. The normalized spacial score (nSPS) is 10.5. The Hall–Kier alpha value is -1.85. The van der Waals surface area contributed by atoms with Crippen molar-refractivity contribution >= 4 is 29.1 Å². The summed E-state index contributed by atoms with van der Waals surface area (Å²) in [6, 6.07) is 7.96. The number of carbonyl (C=O) groups excluding carboxylic acids is 1. The molecule has 1 amide bonds. The zero-order chi connectivity index (χ0) is 17.5. The third-order valence-corrected chi connectivity index (χ3v) is 3.80. The summed E-state index contributed by atoms with van der Waals surface area (Å²) in [4.78, 5) is 11.9. The second kappa shape index (κ2) is 8.85. The molecule has 0 saturated carbocycles. The molecule has 0 aliphatic rings. The summed E-state index contributed by atoms with van der Waals surface area (Å²) in [5.41, 5.74) is 0.0427. The zero-order valence-corrected chi connectivity index (χ0v) is 14.1. The lowest BCUT2D eigenvalue weighted by molar-refractivity contribution is 0.0952. The van der Waals surface area contributed by atoms with E-state index >= 15 is 0 Å². The third kappa shape index (κ3) is 5.35. The maximum atomic E-state index is 13.4. The topological polar surface area (TPSA) is 38.3 Å². The van der Waals surface area contributed by atoms with Gasteiger partial charge in [-0.15, -0.1) is 0 Å². The van der Waals surface area contributed by atoms with Crippen LogP contribution in [0.25, 0.3) is 0 Å². The van der Waals surface area contributed by atoms with Crippen molar-refractivity contribution in [2.45, 2.75) is 12.8 Å². The maximum Gasteiger partial charge on any atom is 0.252 e. The van der Waals surface area contributed by atoms with Crippen molar-refractivity contribution in [1.29, 1.82) is 0 Å². The van der Waals surface area contributed by atoms with Gasteiger partial charge in [-0.2, -0.15) is 0 Å². The second-order valence-corrected chi connectivity index (χ2v) is 5.83. The molecule has 2 aromatic rings. The van der Waals surface area contributed by atoms with Crippen molar-refractivity contribution in [1.82, 2.24) is 5.32 Å². The Labute approximate surface area is 148 Å². The summed E-state index contributed by atoms with van der Waals surface area (Å²) in [6.07, 6.45) is 1.36. The van der Waals surface area contributed by atoms with E-state index in [4.69, 9.17) is 27.9 Å². The number of ether oxygens (including phenoxy) is 1. The number of benzene rings is 2. The van der Waals surface area contributed by atoms with Gasteiger partial charge in [-0.1, -0.05) is 23.2 Å². The number of rotatable bonds is 7. The molecule has 0 fully saturated rings. The molecule has 0 aromatic heterocycles. The minimum Gasteiger partial charge on any atom is -0.494 e. The van der Waals surface area contributed by atoms with Crippen LogP contribution in [0.2, 0.25) is 10.0 Å². The first-order valence-corrected chi connectivity index (χ1v) is 8.04. The smallest absolute Gasteiger partial charge is 0.252 e. The van der Waals surface area contributed by atoms with E-state index in [1.807, 2.05) is 0 Å². The van der Waals surface area contributed by atoms with Crippen LogP contribution >= 0.6 is 23.2 Å². The highest BCUT2D eigenvalue weighted by molar-refractivity contribution is 6.36. The molecule has 128 valence electrons. The predicted octanol–water partition coefficient (Wildman–Crippen LogP) is 4.86. The summed E-state index contributed by atoms with van der Waals surface area (Å²) in [5.74, 6) is -0.889. The van der Waals surface area contributed by atoms with E-state index in [9.17, 15) is 13.6 Å². The van der Waals surface area contributed by atoms with E-state index in [0.717, 1.165) is 6.07 Å². The summed E-state index contributed by atoms with van der Waals surface area (Å²) >= 11 is 11.5. The third-order valence-electron chi connectivity index (χ3n) is 3.19. The van der Waals surface area contributed by atoms with Crippen LogP contribution in [-0.2, 0) is 0 Å². The van der Waals surface area contributed by atoms with Gasteiger partial charge in [0, 0.05) is 6.54 Å². The minimum absolute atomic E-state index is 0.0427. The molecule has 0 spiro atoms. The van der Waals surface area contributed by atoms with E-state index in [1.165, 1.54) is 18.2 Å². The van der Waals surface area contributed by atoms with Crippen LogP contribution in [0, 0.1) is 11.6 Å². The molecule has 24 heavy (non-hydrogen) atoms. The number of nitrogens with one attached hydrogen (secondary N) is 1. The summed E-state index contributed by atoms with van der Waals surface area (Å²) in [7, 11) is 0. The first kappa shape index (κ1) is 18.5. The molecule has 0 saturated heterocycles. The second-order valence-electron chi connectivity index (χ2n) is 5.01. The minimum atomic E-state index is -0.695. The summed E-state index contributed by atoms with van der Waals surface area (Å²) in [5, 5.41) is 2.62. The number of carbonyl (C=O) groups is 1. The molecule has 7 heteroatoms. The molecule has 0 unspecified atom stereocenters. The first-order valence-electron chi connectivity index (χ1n) is 7.28. The maximum absolute atomic E-state index is 13.4. The van der Waals surface area contributed by atoms with Crippen LogP contribution in [0.1, 0.15) is 23.2 Å². The Morgan fingerprint density at radius 2 is 1.75 bits per heavy atom. The highest BCUT2D eigenvalue weighted by Crippen LogP contribution is 2.24. The number of hydrogen-bond donors (Lipinski definition) is 1. The Morgan fingerprint density at radius 3 is 2.46 bits per heavy atom. The van der Waals surface area contributed by atoms with Crippen molar-refractivity contribution in [3.8, 4) is 5.75 Å². The Balaban J connectivity index is 1.69. The molecule has 0 radical (unpaired) electrons. The molecular weight excluding hydrogens is 359 g/mol. The average Bonchev–Trinajstić information content (AvgIpc) is 2.55. The van der Waals surface area contributed by atoms with Crippen molar-refractivity contribution < 1.29 is 18.3 Å². The quantitative estimate of drug-likeness (QED) is 0.555. The fraction of sp³-hybridized carbons (Fsp3) is 0.235. The van der Waals surface area contributed by atoms with Crippen molar-refractivity contribution in [2.75, 3.05) is 13.2 Å². The number of halogens is 4. The number of amides is 1. The molecule has 0 heterocycles. The SMILES string of the molecule is O=C(NCCCCOc1ccc(F)cc1)c1cc(F)c(Cl)cc1Cl. The molecule has 2 aromatic carbocycles. The Bertz CT molecular complexity index is 708. The number of hydrogen-bond acceptors (Lipinski definition) is 2. The highest BCUT2D eigenvalue weighted by atomic mass is 35.5. The van der Waals surface area contributed by atoms with Gasteiger partial charge in [0.1, 0.15) is 17.4 Å². The van der Waals surface area contributed by atoms with E-state index in [1.54, 1.807) is 12.1 Å². The fourth-order valence-corrected chi connectivity index (χ4v) is 2.41. The molecule has 0 aliphatic carbocycles. The van der Waals surface area contributed by atoms with E-state index in [0.29, 0.717) is 31.7 Å². The van der Waals surface area contributed by atoms with Crippen molar-refractivity contribution in [3.05, 3.63) is 63.6 Å². The van der Waals surface area contributed by atoms with Gasteiger partial charge in [0.2, 0.25) is 0 Å². The van der Waals surface area contributed by atoms with Gasteiger partial charge in [-0.05, 0) is 49.2 Å². The van der Waals surface area contributed by atoms with Crippen LogP contribution in [0.5, 0.6) is 5.75 Å². The predicted molar refractivity (Wildman–Crippen MR) is 89.9 cm³/mol. The highest BCUT2D eigenvalue weighted by Gasteiger charge is 2.13. The van der Waals surface area contributed by atoms with Gasteiger partial charge in [0.05, 0.1) is 22.2 Å². The number of unbranched alkanes of at least 4 members (excludes halogenated alkanes) is 1. The van der Waals surface area contributed by atoms with Gasteiger partial charge in [0.15, 0.2) is 0 Å². The van der Waals surface area contributed by atoms with Crippen molar-refractivity contribution in [2.24, 2.45) is 0 Å². The van der Waals surface area contributed by atoms with Gasteiger partial charge in [-0.25, -0.2) is 8.78 Å². The monoisotopic (exact) mass is 373 g/mol. The van der Waals surface area contributed by atoms with E-state index < -0.39 is 11.7 Å². The summed E-state index contributed by atoms with van der Waals surface area (Å²) in [6.45, 7) is 0.837. The molecule has 0 aliphatic heterocycles. The van der Waals surface area contributed by atoms with Crippen LogP contribution in [0.4, 0.5) is 8.78 Å². The van der Waals surface area contributed by atoms with Crippen LogP contribution in [-0.4, -0.2) is 19.1 Å². The van der Waals surface area contributed by atoms with Gasteiger partial charge >= 0.3 is 0 Å². The van der Waals surface area contributed by atoms with Gasteiger partial charge in [0.25, 0.3) is 5.91 Å². The first-order chi connectivity index (χ1) is 11.5. The lowest BCUT2D eigenvalue weighted by Gasteiger charge is -2.08. The van der Waals surface area contributed by atoms with E-state index in [2.05, 4.69) is 5.32 Å². The molecule has 2 rings (SSSR count). The standard InChI is InChI=1S/C17H15Cl2F2NO2/c18-14-10-15(19)16(21)9-13(14)17(23)22-7-1-2-8-24-12-5-3-11(20)4-6-12/h3-6,9-10H,1-2,7-8H2,(H,22,23). The fourth-order valence-electron chi connectivity index (χ4n) is 1.94. The molecular formula is C17H15Cl2F2NO2. The van der Waals surface area contributed by atoms with Crippen LogP contribution in [0.15, 0.2) is 36.4 Å². The molecule has 1 N–H and O–H groups in total. The Morgan fingerprint density at radius 1 is 1.04 bits per heavy atom. The zero-order valence-electron chi connectivity index (χ0n) is 12.6. The van der Waals surface area contributed by atoms with Crippen molar-refractivity contribution in [3.63, 3.8) is 0 Å². The largest absolute Gasteiger partial charge is 0.494 e. The molecule has 3 nitrogen and oxygen atoms in total. The van der Waals surface area contributed by atoms with Crippen LogP contribution in [0.3, 0.4) is 0 Å². The van der Waals surface area contributed by atoms with Gasteiger partial charge < -0.3 is 10.1 Å².